The Morgan fingerprint density at radius 3 is 2.61 bits per heavy atom. The summed E-state index contributed by atoms with van der Waals surface area (Å²) >= 11 is 0. The van der Waals surface area contributed by atoms with E-state index in [4.69, 9.17) is 0 Å². The van der Waals surface area contributed by atoms with E-state index < -0.39 is 0 Å². The molecule has 1 heterocycles. The lowest BCUT2D eigenvalue weighted by atomic mass is 9.76. The van der Waals surface area contributed by atoms with Crippen molar-refractivity contribution in [2.45, 2.75) is 32.2 Å². The van der Waals surface area contributed by atoms with Crippen LogP contribution in [0, 0.1) is 0 Å². The van der Waals surface area contributed by atoms with E-state index in [1.807, 2.05) is 24.3 Å². The maximum Gasteiger partial charge on any atom is 0.252 e. The number of carbonyl (C=O) groups excluding carboxylic acids is 1. The van der Waals surface area contributed by atoms with Crippen LogP contribution in [0.3, 0.4) is 0 Å². The Morgan fingerprint density at radius 2 is 1.83 bits per heavy atom. The summed E-state index contributed by atoms with van der Waals surface area (Å²) < 4.78 is 0. The molecule has 1 atom stereocenters. The second-order valence-electron chi connectivity index (χ2n) is 5.65. The molecule has 1 aliphatic rings. The van der Waals surface area contributed by atoms with Crippen molar-refractivity contribution in [1.82, 2.24) is 5.32 Å². The van der Waals surface area contributed by atoms with Crippen LogP contribution in [-0.2, 0) is 0 Å². The first-order valence-electron chi connectivity index (χ1n) is 6.35. The van der Waals surface area contributed by atoms with E-state index in [1.165, 1.54) is 0 Å². The normalized spacial score (nSPS) is 21.5. The van der Waals surface area contributed by atoms with Gasteiger partial charge in [0.05, 0.1) is 5.56 Å². The highest BCUT2D eigenvalue weighted by atomic mass is 16.1. The zero-order chi connectivity index (χ0) is 12.9. The molecule has 2 aromatic carbocycles. The second kappa shape index (κ2) is 3.58. The maximum absolute atomic E-state index is 12.3. The second-order valence-corrected chi connectivity index (χ2v) is 5.65. The van der Waals surface area contributed by atoms with Crippen LogP contribution in [0.4, 0.5) is 0 Å². The summed E-state index contributed by atoms with van der Waals surface area (Å²) in [4.78, 5) is 12.3. The molecule has 0 saturated carbocycles. The van der Waals surface area contributed by atoms with Gasteiger partial charge in [0.2, 0.25) is 0 Å². The Bertz CT molecular complexity index is 643. The van der Waals surface area contributed by atoms with Gasteiger partial charge in [-0.05, 0) is 30.2 Å². The van der Waals surface area contributed by atoms with Gasteiger partial charge in [-0.2, -0.15) is 0 Å². The maximum atomic E-state index is 12.3. The molecule has 1 amide bonds. The van der Waals surface area contributed by atoms with E-state index >= 15 is 0 Å². The van der Waals surface area contributed by atoms with Gasteiger partial charge in [-0.15, -0.1) is 0 Å². The van der Waals surface area contributed by atoms with Crippen LogP contribution in [0.5, 0.6) is 0 Å². The molecule has 0 aromatic heterocycles. The van der Waals surface area contributed by atoms with Gasteiger partial charge in [-0.3, -0.25) is 4.79 Å². The highest BCUT2D eigenvalue weighted by Gasteiger charge is 2.37. The molecule has 3 rings (SSSR count). The van der Waals surface area contributed by atoms with Gasteiger partial charge < -0.3 is 5.32 Å². The van der Waals surface area contributed by atoms with E-state index in [0.717, 1.165) is 21.9 Å². The third-order valence-electron chi connectivity index (χ3n) is 4.17. The molecule has 0 saturated heterocycles. The fourth-order valence-electron chi connectivity index (χ4n) is 2.75. The monoisotopic (exact) mass is 239 g/mol. The quantitative estimate of drug-likeness (QED) is 0.749. The van der Waals surface area contributed by atoms with E-state index in [0.29, 0.717) is 5.92 Å². The van der Waals surface area contributed by atoms with Crippen molar-refractivity contribution in [3.63, 3.8) is 0 Å². The summed E-state index contributed by atoms with van der Waals surface area (Å²) in [6, 6.07) is 12.3. The molecule has 2 aromatic rings. The van der Waals surface area contributed by atoms with Crippen molar-refractivity contribution >= 4 is 16.7 Å². The van der Waals surface area contributed by atoms with Gasteiger partial charge in [-0.25, -0.2) is 0 Å². The SMILES string of the molecule is C[C@H]1c2ccc3ccccc3c2C(=O)NC1(C)C. The fourth-order valence-corrected chi connectivity index (χ4v) is 2.75. The zero-order valence-corrected chi connectivity index (χ0v) is 10.9. The number of benzene rings is 2. The van der Waals surface area contributed by atoms with Gasteiger partial charge >= 0.3 is 0 Å². The lowest BCUT2D eigenvalue weighted by Gasteiger charge is -2.39. The zero-order valence-electron chi connectivity index (χ0n) is 10.9. The van der Waals surface area contributed by atoms with Crippen LogP contribution in [0.15, 0.2) is 36.4 Å². The molecule has 0 unspecified atom stereocenters. The number of carbonyl (C=O) groups is 1. The van der Waals surface area contributed by atoms with Gasteiger partial charge in [-0.1, -0.05) is 43.3 Å². The van der Waals surface area contributed by atoms with Gasteiger partial charge in [0, 0.05) is 11.5 Å². The van der Waals surface area contributed by atoms with Crippen LogP contribution in [-0.4, -0.2) is 11.4 Å². The minimum Gasteiger partial charge on any atom is -0.347 e. The minimum atomic E-state index is -0.188. The smallest absolute Gasteiger partial charge is 0.252 e. The minimum absolute atomic E-state index is 0.0462. The van der Waals surface area contributed by atoms with Crippen LogP contribution in [0.2, 0.25) is 0 Å². The Labute approximate surface area is 107 Å². The van der Waals surface area contributed by atoms with Crippen LogP contribution >= 0.6 is 0 Å². The van der Waals surface area contributed by atoms with Crippen molar-refractivity contribution in [3.05, 3.63) is 47.5 Å². The van der Waals surface area contributed by atoms with Gasteiger partial charge in [0.25, 0.3) is 5.91 Å². The molecule has 18 heavy (non-hydrogen) atoms. The molecule has 0 aliphatic carbocycles. The predicted molar refractivity (Wildman–Crippen MR) is 73.9 cm³/mol. The third kappa shape index (κ3) is 1.45. The summed E-state index contributed by atoms with van der Waals surface area (Å²) in [5, 5.41) is 5.29. The van der Waals surface area contributed by atoms with E-state index in [-0.39, 0.29) is 11.4 Å². The topological polar surface area (TPSA) is 29.1 Å². The number of amides is 1. The number of nitrogens with one attached hydrogen (secondary N) is 1. The molecule has 0 spiro atoms. The van der Waals surface area contributed by atoms with Crippen molar-refractivity contribution in [3.8, 4) is 0 Å². The van der Waals surface area contributed by atoms with E-state index in [9.17, 15) is 4.79 Å². The molecule has 2 nitrogen and oxygen atoms in total. The lowest BCUT2D eigenvalue weighted by molar-refractivity contribution is 0.0883. The predicted octanol–water partition coefficient (Wildman–Crippen LogP) is 3.47. The van der Waals surface area contributed by atoms with Crippen molar-refractivity contribution in [2.75, 3.05) is 0 Å². The molecular weight excluding hydrogens is 222 g/mol. The average molecular weight is 239 g/mol. The first kappa shape index (κ1) is 11.3. The molecule has 1 aliphatic heterocycles. The van der Waals surface area contributed by atoms with Gasteiger partial charge in [0.15, 0.2) is 0 Å². The number of rotatable bonds is 0. The van der Waals surface area contributed by atoms with Crippen molar-refractivity contribution in [1.29, 1.82) is 0 Å². The first-order valence-corrected chi connectivity index (χ1v) is 6.35. The number of hydrogen-bond acceptors (Lipinski definition) is 1. The Balaban J connectivity index is 2.35. The lowest BCUT2D eigenvalue weighted by Crippen LogP contribution is -2.51. The molecule has 1 N–H and O–H groups in total. The standard InChI is InChI=1S/C16H17NO/c1-10-12-9-8-11-6-4-5-7-13(11)14(12)15(18)17-16(10,2)3/h4-10H,1-3H3,(H,17,18)/t10-/m0/s1. The van der Waals surface area contributed by atoms with Crippen LogP contribution in [0.1, 0.15) is 42.6 Å². The fraction of sp³-hybridized carbons (Fsp3) is 0.312. The molecule has 0 bridgehead atoms. The highest BCUT2D eigenvalue weighted by molar-refractivity contribution is 6.09. The Morgan fingerprint density at radius 1 is 1.11 bits per heavy atom. The van der Waals surface area contributed by atoms with E-state index in [1.54, 1.807) is 0 Å². The summed E-state index contributed by atoms with van der Waals surface area (Å²) in [6.45, 7) is 6.33. The number of hydrogen-bond donors (Lipinski definition) is 1. The van der Waals surface area contributed by atoms with Crippen LogP contribution < -0.4 is 5.32 Å². The highest BCUT2D eigenvalue weighted by Crippen LogP contribution is 2.37. The summed E-state index contributed by atoms with van der Waals surface area (Å²) in [5.41, 5.74) is 1.81. The summed E-state index contributed by atoms with van der Waals surface area (Å²) in [7, 11) is 0. The molecule has 2 heteroatoms. The van der Waals surface area contributed by atoms with Crippen molar-refractivity contribution < 1.29 is 4.79 Å². The molecule has 0 radical (unpaired) electrons. The molecule has 92 valence electrons. The molecule has 0 fully saturated rings. The Kier molecular flexibility index (Phi) is 2.24. The van der Waals surface area contributed by atoms with Gasteiger partial charge in [0.1, 0.15) is 0 Å². The van der Waals surface area contributed by atoms with E-state index in [2.05, 4.69) is 38.2 Å². The largest absolute Gasteiger partial charge is 0.347 e. The molecular formula is C16H17NO. The average Bonchev–Trinajstić information content (AvgIpc) is 2.34. The van der Waals surface area contributed by atoms with Crippen LogP contribution in [0.25, 0.3) is 10.8 Å². The summed E-state index contributed by atoms with van der Waals surface area (Å²) in [5.74, 6) is 0.361. The summed E-state index contributed by atoms with van der Waals surface area (Å²) in [6.07, 6.45) is 0. The third-order valence-corrected chi connectivity index (χ3v) is 4.17. The van der Waals surface area contributed by atoms with Crippen molar-refractivity contribution in [2.24, 2.45) is 0 Å². The Hall–Kier alpha value is -1.83. The first-order chi connectivity index (χ1) is 8.50. The number of fused-ring (bicyclic) bond motifs is 3.